The predicted molar refractivity (Wildman–Crippen MR) is 104 cm³/mol. The van der Waals surface area contributed by atoms with E-state index in [9.17, 15) is 9.90 Å². The van der Waals surface area contributed by atoms with E-state index in [1.807, 2.05) is 32.0 Å². The minimum absolute atomic E-state index is 0.0457. The molecule has 27 heavy (non-hydrogen) atoms. The lowest BCUT2D eigenvalue weighted by Gasteiger charge is -2.13. The zero-order valence-electron chi connectivity index (χ0n) is 15.9. The van der Waals surface area contributed by atoms with Gasteiger partial charge in [-0.3, -0.25) is 4.79 Å². The topological polar surface area (TPSA) is 74.2 Å². The highest BCUT2D eigenvalue weighted by Crippen LogP contribution is 2.28. The van der Waals surface area contributed by atoms with E-state index in [1.54, 1.807) is 13.2 Å². The molecule has 0 fully saturated rings. The van der Waals surface area contributed by atoms with Crippen LogP contribution in [-0.2, 0) is 25.6 Å². The average molecular weight is 443 g/mol. The van der Waals surface area contributed by atoms with Crippen LogP contribution in [-0.4, -0.2) is 44.1 Å². The first-order valence-electron chi connectivity index (χ1n) is 9.01. The molecule has 1 aromatic carbocycles. The van der Waals surface area contributed by atoms with Crippen LogP contribution in [0.25, 0.3) is 0 Å². The number of hydrogen-bond donors (Lipinski definition) is 1. The maximum absolute atomic E-state index is 11.8. The Hall–Kier alpha value is -1.41. The zero-order valence-corrected chi connectivity index (χ0v) is 17.5. The van der Waals surface area contributed by atoms with Gasteiger partial charge in [0.15, 0.2) is 0 Å². The third kappa shape index (κ3) is 6.60. The summed E-state index contributed by atoms with van der Waals surface area (Å²) in [6.45, 7) is 5.45. The summed E-state index contributed by atoms with van der Waals surface area (Å²) < 4.78 is 22.4. The normalized spacial score (nSPS) is 17.8. The highest BCUT2D eigenvalue weighted by Gasteiger charge is 2.32. The van der Waals surface area contributed by atoms with Crippen LogP contribution < -0.4 is 4.74 Å². The second-order valence-electron chi connectivity index (χ2n) is 6.75. The molecule has 0 aliphatic carbocycles. The summed E-state index contributed by atoms with van der Waals surface area (Å²) in [5.41, 5.74) is 0.921. The lowest BCUT2D eigenvalue weighted by Crippen LogP contribution is -2.19. The predicted octanol–water partition coefficient (Wildman–Crippen LogP) is 3.45. The molecule has 150 valence electrons. The average Bonchev–Trinajstić information content (AvgIpc) is 3.03. The fourth-order valence-electron chi connectivity index (χ4n) is 2.61. The molecule has 6 nitrogen and oxygen atoms in total. The zero-order chi connectivity index (χ0) is 19.8. The maximum Gasteiger partial charge on any atom is 0.318 e. The van der Waals surface area contributed by atoms with Gasteiger partial charge in [-0.05, 0) is 45.6 Å². The molecule has 2 atom stereocenters. The van der Waals surface area contributed by atoms with E-state index in [-0.39, 0.29) is 30.2 Å². The second kappa shape index (κ2) is 10.8. The van der Waals surface area contributed by atoms with Gasteiger partial charge in [0.25, 0.3) is 0 Å². The van der Waals surface area contributed by atoms with Crippen molar-refractivity contribution in [1.29, 1.82) is 0 Å². The molecule has 0 bridgehead atoms. The van der Waals surface area contributed by atoms with Crippen molar-refractivity contribution in [1.82, 2.24) is 0 Å². The van der Waals surface area contributed by atoms with Crippen LogP contribution in [0.1, 0.15) is 25.8 Å². The number of hydrogen-bond acceptors (Lipinski definition) is 6. The molecule has 0 spiro atoms. The Bertz CT molecular complexity index is 658. The van der Waals surface area contributed by atoms with Crippen LogP contribution >= 0.6 is 15.9 Å². The van der Waals surface area contributed by atoms with Gasteiger partial charge in [-0.15, -0.1) is 0 Å². The van der Waals surface area contributed by atoms with Crippen molar-refractivity contribution in [3.63, 3.8) is 0 Å². The van der Waals surface area contributed by atoms with Gasteiger partial charge < -0.3 is 24.1 Å². The Labute approximate surface area is 168 Å². The van der Waals surface area contributed by atoms with Gasteiger partial charge in [-0.1, -0.05) is 19.9 Å². The smallest absolute Gasteiger partial charge is 0.318 e. The van der Waals surface area contributed by atoms with E-state index in [2.05, 4.69) is 15.9 Å². The number of benzene rings is 1. The quantitative estimate of drug-likeness (QED) is 0.417. The summed E-state index contributed by atoms with van der Waals surface area (Å²) in [7, 11) is 1.66. The second-order valence-corrected chi connectivity index (χ2v) is 7.60. The van der Waals surface area contributed by atoms with Gasteiger partial charge in [0.05, 0.1) is 30.2 Å². The molecule has 0 amide bonds. The highest BCUT2D eigenvalue weighted by molar-refractivity contribution is 9.10. The number of carbonyl (C=O) groups excluding carboxylic acids is 1. The van der Waals surface area contributed by atoms with E-state index < -0.39 is 6.10 Å². The van der Waals surface area contributed by atoms with Crippen LogP contribution in [0.3, 0.4) is 0 Å². The lowest BCUT2D eigenvalue weighted by molar-refractivity contribution is -0.142. The Balaban J connectivity index is 1.82. The van der Waals surface area contributed by atoms with E-state index in [1.165, 1.54) is 0 Å². The minimum Gasteiger partial charge on any atom is -0.492 e. The Morgan fingerprint density at radius 1 is 1.30 bits per heavy atom. The van der Waals surface area contributed by atoms with Crippen LogP contribution in [0.2, 0.25) is 0 Å². The van der Waals surface area contributed by atoms with Crippen LogP contribution in [0.5, 0.6) is 5.75 Å². The van der Waals surface area contributed by atoms with Crippen molar-refractivity contribution in [2.24, 2.45) is 11.8 Å². The van der Waals surface area contributed by atoms with Gasteiger partial charge in [-0.25, -0.2) is 0 Å². The molecular formula is C20H27BrO6. The first kappa shape index (κ1) is 21.9. The Morgan fingerprint density at radius 2 is 2.07 bits per heavy atom. The summed E-state index contributed by atoms with van der Waals surface area (Å²) in [5.74, 6) is 0.519. The third-order valence-corrected chi connectivity index (χ3v) is 4.83. The van der Waals surface area contributed by atoms with E-state index >= 15 is 0 Å². The molecule has 1 heterocycles. The fourth-order valence-corrected chi connectivity index (χ4v) is 2.97. The monoisotopic (exact) mass is 442 g/mol. The van der Waals surface area contributed by atoms with E-state index in [0.717, 1.165) is 22.2 Å². The van der Waals surface area contributed by atoms with Crippen molar-refractivity contribution >= 4 is 21.9 Å². The number of esters is 1. The number of aliphatic hydroxyl groups is 1. The summed E-state index contributed by atoms with van der Waals surface area (Å²) in [4.78, 5) is 11.8. The molecule has 2 rings (SSSR count). The van der Waals surface area contributed by atoms with Crippen molar-refractivity contribution in [2.45, 2.75) is 33.0 Å². The van der Waals surface area contributed by atoms with Gasteiger partial charge >= 0.3 is 5.97 Å². The van der Waals surface area contributed by atoms with Crippen molar-refractivity contribution < 1.29 is 28.8 Å². The molecular weight excluding hydrogens is 416 g/mol. The number of cyclic esters (lactones) is 1. The summed E-state index contributed by atoms with van der Waals surface area (Å²) in [5, 5.41) is 10.2. The van der Waals surface area contributed by atoms with Crippen LogP contribution in [0.4, 0.5) is 0 Å². The summed E-state index contributed by atoms with van der Waals surface area (Å²) >= 11 is 3.47. The fraction of sp³-hybridized carbons (Fsp3) is 0.550. The molecule has 0 aromatic heterocycles. The molecule has 0 radical (unpaired) electrons. The highest BCUT2D eigenvalue weighted by atomic mass is 79.9. The third-order valence-electron chi connectivity index (χ3n) is 4.17. The lowest BCUT2D eigenvalue weighted by atomic mass is 9.96. The maximum atomic E-state index is 11.8. The van der Waals surface area contributed by atoms with Crippen molar-refractivity contribution in [3.8, 4) is 5.75 Å². The van der Waals surface area contributed by atoms with Crippen LogP contribution in [0, 0.1) is 11.8 Å². The number of carbonyl (C=O) groups is 1. The molecule has 2 unspecified atom stereocenters. The summed E-state index contributed by atoms with van der Waals surface area (Å²) in [6, 6.07) is 5.71. The van der Waals surface area contributed by atoms with E-state index in [4.69, 9.17) is 18.9 Å². The molecule has 1 aliphatic rings. The van der Waals surface area contributed by atoms with Crippen molar-refractivity contribution in [2.75, 3.05) is 26.9 Å². The van der Waals surface area contributed by atoms with Gasteiger partial charge in [0, 0.05) is 20.1 Å². The molecule has 1 aromatic rings. The first-order valence-corrected chi connectivity index (χ1v) is 9.81. The SMILES string of the molecule is COCCCOc1cc(COCC(O)C2=CC(C(C)C)C(=O)O2)ccc1Br. The largest absolute Gasteiger partial charge is 0.492 e. The number of halogens is 1. The molecule has 1 N–H and O–H groups in total. The molecule has 0 saturated heterocycles. The van der Waals surface area contributed by atoms with Gasteiger partial charge in [0.1, 0.15) is 17.6 Å². The standard InChI is InChI=1S/C20H27BrO6/c1-13(2)15-10-19(27-20(15)23)17(22)12-25-11-14-5-6-16(21)18(9-14)26-8-4-7-24-3/h5-6,9-10,13,15,17,22H,4,7-8,11-12H2,1-3H3. The van der Waals surface area contributed by atoms with E-state index in [0.29, 0.717) is 19.8 Å². The Kier molecular flexibility index (Phi) is 8.76. The van der Waals surface area contributed by atoms with Crippen LogP contribution in [0.15, 0.2) is 34.5 Å². The minimum atomic E-state index is -0.960. The molecule has 1 aliphatic heterocycles. The summed E-state index contributed by atoms with van der Waals surface area (Å²) in [6.07, 6.45) is 1.53. The molecule has 0 saturated carbocycles. The first-order chi connectivity index (χ1) is 12.9. The number of aliphatic hydroxyl groups excluding tert-OH is 1. The number of ether oxygens (including phenoxy) is 4. The molecule has 7 heteroatoms. The van der Waals surface area contributed by atoms with Gasteiger partial charge in [-0.2, -0.15) is 0 Å². The number of methoxy groups -OCH3 is 1. The Morgan fingerprint density at radius 3 is 2.74 bits per heavy atom. The van der Waals surface area contributed by atoms with Gasteiger partial charge in [0.2, 0.25) is 0 Å². The number of rotatable bonds is 11. The van der Waals surface area contributed by atoms with Crippen molar-refractivity contribution in [3.05, 3.63) is 40.1 Å².